The average Bonchev–Trinajstić information content (AvgIpc) is 3.91. The number of carbonyl (C=O) groups excluding carboxylic acids is 1. The van der Waals surface area contributed by atoms with Gasteiger partial charge in [0, 0.05) is 12.3 Å². The lowest BCUT2D eigenvalue weighted by Crippen LogP contribution is -2.65. The fourth-order valence-corrected chi connectivity index (χ4v) is 14.8. The number of fused-ring (bicyclic) bond motifs is 7. The molecular formula is C52H76O18. The zero-order valence-corrected chi connectivity index (χ0v) is 41.2. The first kappa shape index (κ1) is 51.1. The van der Waals surface area contributed by atoms with Crippen LogP contribution in [0.3, 0.4) is 0 Å². The molecule has 5 saturated heterocycles. The molecule has 5 aliphatic heterocycles. The molecule has 4 aliphatic carbocycles. The van der Waals surface area contributed by atoms with Crippen molar-refractivity contribution < 1.29 is 87.9 Å². The maximum Gasteiger partial charge on any atom is 0.338 e. The van der Waals surface area contributed by atoms with Crippen molar-refractivity contribution >= 4 is 5.97 Å². The number of aliphatic hydroxyl groups excluding tert-OH is 7. The number of rotatable bonds is 11. The summed E-state index contributed by atoms with van der Waals surface area (Å²) in [5, 5.41) is 77.1. The minimum Gasteiger partial charge on any atom is -0.497 e. The Morgan fingerprint density at radius 2 is 1.47 bits per heavy atom. The molecule has 3 saturated carbocycles. The number of methoxy groups -OCH3 is 1. The van der Waals surface area contributed by atoms with Crippen molar-refractivity contribution in [2.75, 3.05) is 26.9 Å². The van der Waals surface area contributed by atoms with E-state index in [-0.39, 0.29) is 28.6 Å². The van der Waals surface area contributed by atoms with E-state index in [2.05, 4.69) is 33.8 Å². The van der Waals surface area contributed by atoms with E-state index < -0.39 is 111 Å². The summed E-state index contributed by atoms with van der Waals surface area (Å²) in [5.41, 5.74) is 1.69. The summed E-state index contributed by atoms with van der Waals surface area (Å²) in [4.78, 5) is 12.8. The highest BCUT2D eigenvalue weighted by Crippen LogP contribution is 2.70. The summed E-state index contributed by atoms with van der Waals surface area (Å²) in [7, 11) is 1.50. The first-order valence-electron chi connectivity index (χ1n) is 25.8. The molecule has 1 spiro atoms. The summed E-state index contributed by atoms with van der Waals surface area (Å²) < 4.78 is 61.2. The van der Waals surface area contributed by atoms with Crippen LogP contribution in [0.4, 0.5) is 0 Å². The van der Waals surface area contributed by atoms with Gasteiger partial charge < -0.3 is 83.1 Å². The molecule has 1 aromatic rings. The molecule has 392 valence electrons. The van der Waals surface area contributed by atoms with Gasteiger partial charge in [0.2, 0.25) is 0 Å². The summed E-state index contributed by atoms with van der Waals surface area (Å²) in [6.07, 6.45) is -9.86. The second-order valence-corrected chi connectivity index (χ2v) is 22.7. The van der Waals surface area contributed by atoms with Gasteiger partial charge in [0.15, 0.2) is 24.7 Å². The van der Waals surface area contributed by atoms with E-state index in [1.54, 1.807) is 12.1 Å². The molecular weight excluding hydrogens is 913 g/mol. The normalized spacial score (nSPS) is 51.0. The maximum absolute atomic E-state index is 12.8. The van der Waals surface area contributed by atoms with E-state index in [0.29, 0.717) is 54.1 Å². The molecule has 0 amide bonds. The van der Waals surface area contributed by atoms with E-state index in [1.165, 1.54) is 31.7 Å². The van der Waals surface area contributed by atoms with Crippen LogP contribution in [0, 0.1) is 46.3 Å². The largest absolute Gasteiger partial charge is 0.497 e. The fourth-order valence-electron chi connectivity index (χ4n) is 14.8. The van der Waals surface area contributed by atoms with E-state index in [9.17, 15) is 40.5 Å². The second kappa shape index (κ2) is 19.7. The molecule has 0 radical (unpaired) electrons. The van der Waals surface area contributed by atoms with Crippen LogP contribution in [0.2, 0.25) is 0 Å². The van der Waals surface area contributed by atoms with Crippen LogP contribution in [0.1, 0.15) is 103 Å². The van der Waals surface area contributed by atoms with Gasteiger partial charge in [-0.25, -0.2) is 4.79 Å². The zero-order chi connectivity index (χ0) is 49.6. The molecule has 0 aromatic heterocycles. The third kappa shape index (κ3) is 8.79. The molecule has 25 atom stereocenters. The average molecular weight is 989 g/mol. The molecule has 9 aliphatic rings. The van der Waals surface area contributed by atoms with Gasteiger partial charge in [0.1, 0.15) is 73.4 Å². The van der Waals surface area contributed by atoms with E-state index in [4.69, 9.17) is 47.4 Å². The lowest BCUT2D eigenvalue weighted by molar-refractivity contribution is -0.380. The highest BCUT2D eigenvalue weighted by atomic mass is 16.8. The zero-order valence-electron chi connectivity index (χ0n) is 41.2. The molecule has 8 fully saturated rings. The van der Waals surface area contributed by atoms with Gasteiger partial charge in [-0.05, 0) is 123 Å². The van der Waals surface area contributed by atoms with Gasteiger partial charge in [0.25, 0.3) is 0 Å². The Morgan fingerprint density at radius 1 is 0.757 bits per heavy atom. The first-order valence-corrected chi connectivity index (χ1v) is 25.8. The monoisotopic (exact) mass is 989 g/mol. The van der Waals surface area contributed by atoms with Crippen molar-refractivity contribution in [3.05, 3.63) is 41.5 Å². The summed E-state index contributed by atoms with van der Waals surface area (Å²) in [5.74, 6) is 2.37. The van der Waals surface area contributed by atoms with Crippen molar-refractivity contribution in [1.82, 2.24) is 0 Å². The number of hydrogen-bond donors (Lipinski definition) is 7. The minimum absolute atomic E-state index is 0.0424. The van der Waals surface area contributed by atoms with E-state index in [0.717, 1.165) is 51.6 Å². The Kier molecular flexibility index (Phi) is 14.4. The Balaban J connectivity index is 0.826. The van der Waals surface area contributed by atoms with Crippen LogP contribution in [0.15, 0.2) is 35.9 Å². The smallest absolute Gasteiger partial charge is 0.338 e. The highest BCUT2D eigenvalue weighted by Gasteiger charge is 2.69. The predicted molar refractivity (Wildman–Crippen MR) is 244 cm³/mol. The van der Waals surface area contributed by atoms with Crippen molar-refractivity contribution in [2.45, 2.75) is 196 Å². The predicted octanol–water partition coefficient (Wildman–Crippen LogP) is 2.73. The Labute approximate surface area is 409 Å². The number of hydrogen-bond acceptors (Lipinski definition) is 18. The maximum atomic E-state index is 12.8. The van der Waals surface area contributed by atoms with Crippen molar-refractivity contribution in [3.63, 3.8) is 0 Å². The summed E-state index contributed by atoms with van der Waals surface area (Å²) in [6, 6.07) is 6.21. The Hall–Kier alpha value is -2.37. The summed E-state index contributed by atoms with van der Waals surface area (Å²) in [6.45, 7) is 10.7. The number of esters is 1. The first-order chi connectivity index (χ1) is 33.4. The number of carbonyl (C=O) groups is 1. The molecule has 10 rings (SSSR count). The van der Waals surface area contributed by atoms with Crippen molar-refractivity contribution in [2.24, 2.45) is 46.3 Å². The second-order valence-electron chi connectivity index (χ2n) is 22.7. The molecule has 7 N–H and O–H groups in total. The van der Waals surface area contributed by atoms with Gasteiger partial charge in [-0.1, -0.05) is 39.3 Å². The van der Waals surface area contributed by atoms with Gasteiger partial charge in [-0.2, -0.15) is 0 Å². The lowest BCUT2D eigenvalue weighted by Gasteiger charge is -2.58. The van der Waals surface area contributed by atoms with Crippen LogP contribution < -0.4 is 4.74 Å². The van der Waals surface area contributed by atoms with Crippen LogP contribution in [-0.2, 0) is 42.6 Å². The third-order valence-electron chi connectivity index (χ3n) is 18.9. The van der Waals surface area contributed by atoms with Crippen LogP contribution in [0.5, 0.6) is 5.75 Å². The molecule has 5 unspecified atom stereocenters. The minimum atomic E-state index is -1.74. The number of benzene rings is 1. The molecule has 18 heteroatoms. The van der Waals surface area contributed by atoms with Gasteiger partial charge >= 0.3 is 5.97 Å². The Morgan fingerprint density at radius 3 is 2.19 bits per heavy atom. The van der Waals surface area contributed by atoms with Gasteiger partial charge in [-0.3, -0.25) is 0 Å². The number of aliphatic hydroxyl groups is 7. The number of ether oxygens (including phenoxy) is 10. The van der Waals surface area contributed by atoms with Crippen LogP contribution >= 0.6 is 0 Å². The van der Waals surface area contributed by atoms with Gasteiger partial charge in [0.05, 0.1) is 44.2 Å². The number of allylic oxidation sites excluding steroid dienone is 1. The van der Waals surface area contributed by atoms with Crippen LogP contribution in [0.25, 0.3) is 0 Å². The molecule has 0 bridgehead atoms. The van der Waals surface area contributed by atoms with Gasteiger partial charge in [-0.15, -0.1) is 0 Å². The quantitative estimate of drug-likeness (QED) is 0.124. The standard InChI is InChI=1S/C52H76O18/c1-24-13-18-52(63-22-24)25(2)37-34(70-52)20-33-31-12-9-28-19-30(14-16-50(28,4)32(31)15-17-51(33,37)5)65-49-45(69-47-42(58)40(56)38(54)26(3)64-47)43(59)44(35(21-53)66-49)68-48-41(57)39(55)36(67-48)23-62-46(60)27-7-10-29(61-6)11-8-27/h7-11,24-26,30-45,47-49,53-59H,12-23H2,1-6H3/t24-,25+,26+,30+,31?,32?,33?,34?,35-,36+,37?,38+,39+,40-,41-,42-,43+,44-,45-,47+,48+,49-,50+,51+,52-/m1/s1. The third-order valence-corrected chi connectivity index (χ3v) is 18.9. The molecule has 1 aromatic carbocycles. The SMILES string of the molecule is COc1ccc(C(=O)OC[C@@H]2O[C@@H](O[C@H]3[C@H](O)[C@@H](O[C@@H]4O[C@@H](C)[C@H](O)[C@@H](O)[C@H]4O)[C@H](O[C@H]4CC[C@@]5(C)C(=CCC6C7CC8O[C@]9(CC[C@@H](C)CO9)[C@@H](C)C8[C@@]7(C)CCC65)C4)O[C@@H]3CO)[C@H](O)[C@H]2O)cc1. The summed E-state index contributed by atoms with van der Waals surface area (Å²) >= 11 is 0. The molecule has 18 nitrogen and oxygen atoms in total. The van der Waals surface area contributed by atoms with E-state index in [1.807, 2.05) is 0 Å². The molecule has 5 heterocycles. The van der Waals surface area contributed by atoms with Crippen molar-refractivity contribution in [1.29, 1.82) is 0 Å². The Bertz CT molecular complexity index is 2030. The van der Waals surface area contributed by atoms with Crippen molar-refractivity contribution in [3.8, 4) is 5.75 Å². The topological polar surface area (TPSA) is 251 Å². The van der Waals surface area contributed by atoms with Crippen LogP contribution in [-0.4, -0.2) is 173 Å². The molecule has 70 heavy (non-hydrogen) atoms. The van der Waals surface area contributed by atoms with E-state index >= 15 is 0 Å². The lowest BCUT2D eigenvalue weighted by atomic mass is 9.47. The fraction of sp³-hybridized carbons (Fsp3) is 0.827. The highest BCUT2D eigenvalue weighted by molar-refractivity contribution is 5.89.